The predicted octanol–water partition coefficient (Wildman–Crippen LogP) is 3.55. The summed E-state index contributed by atoms with van der Waals surface area (Å²) in [6.07, 6.45) is 2.10. The van der Waals surface area contributed by atoms with Crippen LogP contribution in [0.15, 0.2) is 42.5 Å². The fraction of sp³-hybridized carbons (Fsp3) is 0.333. The zero-order valence-corrected chi connectivity index (χ0v) is 11.7. The molecule has 0 fully saturated rings. The molecule has 0 radical (unpaired) electrons. The van der Waals surface area contributed by atoms with Gasteiger partial charge in [0.1, 0.15) is 0 Å². The first-order valence-electron chi connectivity index (χ1n) is 7.17. The Balaban J connectivity index is 1.63. The molecule has 0 amide bonds. The lowest BCUT2D eigenvalue weighted by atomic mass is 9.87. The van der Waals surface area contributed by atoms with Crippen LogP contribution in [-0.2, 0) is 12.8 Å². The van der Waals surface area contributed by atoms with Gasteiger partial charge in [-0.1, -0.05) is 30.3 Å². The van der Waals surface area contributed by atoms with Gasteiger partial charge >= 0.3 is 0 Å². The predicted molar refractivity (Wildman–Crippen MR) is 78.5 cm³/mol. The van der Waals surface area contributed by atoms with Gasteiger partial charge in [0.2, 0.25) is 0 Å². The molecular weight excluding hydrogens is 248 g/mol. The zero-order chi connectivity index (χ0) is 13.6. The average molecular weight is 266 g/mol. The van der Waals surface area contributed by atoms with E-state index in [-0.39, 0.29) is 5.41 Å². The summed E-state index contributed by atoms with van der Waals surface area (Å²) in [7, 11) is 0. The van der Waals surface area contributed by atoms with Gasteiger partial charge in [-0.2, -0.15) is 0 Å². The molecule has 2 nitrogen and oxygen atoms in total. The highest BCUT2D eigenvalue weighted by Gasteiger charge is 2.40. The minimum Gasteiger partial charge on any atom is -0.489 e. The minimum absolute atomic E-state index is 0.0939. The molecule has 2 aliphatic rings. The van der Waals surface area contributed by atoms with Crippen molar-refractivity contribution in [2.75, 3.05) is 13.2 Å². The van der Waals surface area contributed by atoms with Crippen molar-refractivity contribution in [3.8, 4) is 11.5 Å². The van der Waals surface area contributed by atoms with Crippen LogP contribution in [0, 0.1) is 12.3 Å². The number of fused-ring (bicyclic) bond motifs is 2. The molecule has 4 rings (SSSR count). The molecule has 0 unspecified atom stereocenters. The zero-order valence-electron chi connectivity index (χ0n) is 11.7. The second-order valence-corrected chi connectivity index (χ2v) is 6.15. The van der Waals surface area contributed by atoms with Crippen molar-refractivity contribution in [2.45, 2.75) is 19.8 Å². The van der Waals surface area contributed by atoms with E-state index in [1.54, 1.807) is 0 Å². The molecular formula is C18H18O2. The van der Waals surface area contributed by atoms with Crippen LogP contribution >= 0.6 is 0 Å². The van der Waals surface area contributed by atoms with Gasteiger partial charge in [0, 0.05) is 5.41 Å². The normalized spacial score (nSPS) is 18.6. The van der Waals surface area contributed by atoms with Gasteiger partial charge in [-0.05, 0) is 48.6 Å². The van der Waals surface area contributed by atoms with E-state index >= 15 is 0 Å². The Bertz CT molecular complexity index is 635. The Morgan fingerprint density at radius 2 is 1.50 bits per heavy atom. The van der Waals surface area contributed by atoms with Crippen LogP contribution < -0.4 is 9.47 Å². The fourth-order valence-corrected chi connectivity index (χ4v) is 3.33. The Kier molecular flexibility index (Phi) is 2.53. The van der Waals surface area contributed by atoms with Gasteiger partial charge < -0.3 is 9.47 Å². The maximum Gasteiger partial charge on any atom is 0.161 e. The number of benzene rings is 2. The quantitative estimate of drug-likeness (QED) is 0.726. The molecule has 1 spiro atoms. The topological polar surface area (TPSA) is 18.5 Å². The van der Waals surface area contributed by atoms with E-state index in [2.05, 4.69) is 43.3 Å². The molecule has 1 heterocycles. The second-order valence-electron chi connectivity index (χ2n) is 6.15. The lowest BCUT2D eigenvalue weighted by molar-refractivity contribution is 0.113. The summed E-state index contributed by atoms with van der Waals surface area (Å²) in [4.78, 5) is 0. The number of rotatable bonds is 0. The first-order chi connectivity index (χ1) is 9.74. The Morgan fingerprint density at radius 3 is 2.20 bits per heavy atom. The lowest BCUT2D eigenvalue weighted by Gasteiger charge is -2.25. The van der Waals surface area contributed by atoms with Gasteiger partial charge in [-0.15, -0.1) is 0 Å². The summed E-state index contributed by atoms with van der Waals surface area (Å²) < 4.78 is 12.1. The van der Waals surface area contributed by atoms with Gasteiger partial charge in [0.05, 0.1) is 13.2 Å². The van der Waals surface area contributed by atoms with Crippen molar-refractivity contribution < 1.29 is 9.47 Å². The van der Waals surface area contributed by atoms with Crippen molar-refractivity contribution in [1.82, 2.24) is 0 Å². The molecule has 0 bridgehead atoms. The van der Waals surface area contributed by atoms with Crippen LogP contribution in [0.5, 0.6) is 11.5 Å². The summed E-state index contributed by atoms with van der Waals surface area (Å²) >= 11 is 0. The maximum atomic E-state index is 6.07. The highest BCUT2D eigenvalue weighted by atomic mass is 16.5. The summed E-state index contributed by atoms with van der Waals surface area (Å²) in [5.41, 5.74) is 4.19. The monoisotopic (exact) mass is 266 g/mol. The number of aryl methyl sites for hydroxylation is 1. The van der Waals surface area contributed by atoms with Crippen LogP contribution in [0.25, 0.3) is 0 Å². The molecule has 2 heteroatoms. The summed E-state index contributed by atoms with van der Waals surface area (Å²) in [6, 6.07) is 14.9. The maximum absolute atomic E-state index is 6.07. The van der Waals surface area contributed by atoms with Crippen LogP contribution in [0.4, 0.5) is 0 Å². The molecule has 0 atom stereocenters. The largest absolute Gasteiger partial charge is 0.489 e. The third-order valence-corrected chi connectivity index (χ3v) is 4.42. The molecule has 1 aliphatic heterocycles. The number of hydrogen-bond donors (Lipinski definition) is 0. The number of hydrogen-bond acceptors (Lipinski definition) is 2. The summed E-state index contributed by atoms with van der Waals surface area (Å²) in [6.45, 7) is 3.55. The second kappa shape index (κ2) is 4.27. The van der Waals surface area contributed by atoms with Crippen LogP contribution in [-0.4, -0.2) is 13.2 Å². The van der Waals surface area contributed by atoms with Crippen molar-refractivity contribution in [1.29, 1.82) is 0 Å². The van der Waals surface area contributed by atoms with E-state index in [1.807, 2.05) is 6.07 Å². The fourth-order valence-electron chi connectivity index (χ4n) is 3.33. The van der Waals surface area contributed by atoms with E-state index in [0.717, 1.165) is 37.6 Å². The molecule has 0 saturated carbocycles. The van der Waals surface area contributed by atoms with E-state index in [4.69, 9.17) is 9.47 Å². The number of ether oxygens (including phenoxy) is 2. The highest BCUT2D eigenvalue weighted by molar-refractivity contribution is 5.44. The Labute approximate surface area is 119 Å². The smallest absolute Gasteiger partial charge is 0.161 e. The third-order valence-electron chi connectivity index (χ3n) is 4.42. The average Bonchev–Trinajstić information content (AvgIpc) is 2.73. The van der Waals surface area contributed by atoms with Gasteiger partial charge in [0.25, 0.3) is 0 Å². The molecule has 0 N–H and O–H groups in total. The van der Waals surface area contributed by atoms with Crippen molar-refractivity contribution >= 4 is 0 Å². The molecule has 102 valence electrons. The highest BCUT2D eigenvalue weighted by Crippen LogP contribution is 2.42. The van der Waals surface area contributed by atoms with Gasteiger partial charge in [0.15, 0.2) is 11.5 Å². The summed E-state index contributed by atoms with van der Waals surface area (Å²) in [5, 5.41) is 0. The minimum atomic E-state index is 0.0939. The lowest BCUT2D eigenvalue weighted by Crippen LogP contribution is -2.34. The Hall–Kier alpha value is -1.96. The van der Waals surface area contributed by atoms with Crippen molar-refractivity contribution in [3.05, 3.63) is 59.2 Å². The van der Waals surface area contributed by atoms with E-state index in [1.165, 1.54) is 16.7 Å². The van der Waals surface area contributed by atoms with Gasteiger partial charge in [-0.25, -0.2) is 0 Å². The van der Waals surface area contributed by atoms with Crippen molar-refractivity contribution in [2.24, 2.45) is 5.41 Å². The molecule has 0 saturated heterocycles. The molecule has 1 aliphatic carbocycles. The van der Waals surface area contributed by atoms with Crippen molar-refractivity contribution in [3.63, 3.8) is 0 Å². The van der Waals surface area contributed by atoms with E-state index in [9.17, 15) is 0 Å². The summed E-state index contributed by atoms with van der Waals surface area (Å²) in [5.74, 6) is 1.77. The van der Waals surface area contributed by atoms with Crippen LogP contribution in [0.1, 0.15) is 16.7 Å². The van der Waals surface area contributed by atoms with E-state index in [0.29, 0.717) is 0 Å². The molecule has 0 aromatic heterocycles. The first-order valence-corrected chi connectivity index (χ1v) is 7.17. The molecule has 20 heavy (non-hydrogen) atoms. The van der Waals surface area contributed by atoms with Gasteiger partial charge in [-0.3, -0.25) is 0 Å². The van der Waals surface area contributed by atoms with Crippen LogP contribution in [0.3, 0.4) is 0 Å². The molecule has 2 aromatic rings. The SMILES string of the molecule is Cc1ccc2c(c1)OCC1(CO2)Cc2ccccc2C1. The third kappa shape index (κ3) is 1.87. The van der Waals surface area contributed by atoms with E-state index < -0.39 is 0 Å². The Morgan fingerprint density at radius 1 is 0.850 bits per heavy atom. The first kappa shape index (κ1) is 11.8. The van der Waals surface area contributed by atoms with Crippen LogP contribution in [0.2, 0.25) is 0 Å². The molecule has 2 aromatic carbocycles. The standard InChI is InChI=1S/C18H18O2/c1-13-6-7-16-17(8-13)20-12-18(11-19-16)9-14-4-2-3-5-15(14)10-18/h2-8H,9-12H2,1H3.